The fourth-order valence-corrected chi connectivity index (χ4v) is 3.61. The SMILES string of the molecule is COc1ccc(C2CC(NC3CCOC(C)(C)C3)C2)cc1. The Morgan fingerprint density at radius 1 is 1.14 bits per heavy atom. The Balaban J connectivity index is 1.47. The van der Waals surface area contributed by atoms with Crippen molar-refractivity contribution in [2.24, 2.45) is 0 Å². The van der Waals surface area contributed by atoms with Crippen LogP contribution >= 0.6 is 0 Å². The summed E-state index contributed by atoms with van der Waals surface area (Å²) in [5.74, 6) is 1.65. The van der Waals surface area contributed by atoms with Gasteiger partial charge in [0.2, 0.25) is 0 Å². The van der Waals surface area contributed by atoms with E-state index in [9.17, 15) is 0 Å². The first-order valence-corrected chi connectivity index (χ1v) is 8.10. The van der Waals surface area contributed by atoms with Gasteiger partial charge in [0, 0.05) is 18.7 Å². The molecule has 2 aliphatic rings. The summed E-state index contributed by atoms with van der Waals surface area (Å²) in [6.45, 7) is 5.28. The van der Waals surface area contributed by atoms with Crippen LogP contribution in [-0.2, 0) is 4.74 Å². The van der Waals surface area contributed by atoms with Crippen LogP contribution in [0.2, 0.25) is 0 Å². The van der Waals surface area contributed by atoms with Crippen LogP contribution in [0.4, 0.5) is 0 Å². The number of benzene rings is 1. The molecule has 3 nitrogen and oxygen atoms in total. The molecule has 1 heterocycles. The van der Waals surface area contributed by atoms with Gasteiger partial charge in [-0.05, 0) is 63.1 Å². The van der Waals surface area contributed by atoms with Crippen molar-refractivity contribution in [2.45, 2.75) is 63.1 Å². The monoisotopic (exact) mass is 289 g/mol. The van der Waals surface area contributed by atoms with Crippen molar-refractivity contribution in [3.63, 3.8) is 0 Å². The van der Waals surface area contributed by atoms with Gasteiger partial charge < -0.3 is 14.8 Å². The molecule has 1 N–H and O–H groups in total. The molecule has 0 spiro atoms. The average molecular weight is 289 g/mol. The van der Waals surface area contributed by atoms with E-state index >= 15 is 0 Å². The Hall–Kier alpha value is -1.06. The molecule has 21 heavy (non-hydrogen) atoms. The highest BCUT2D eigenvalue weighted by atomic mass is 16.5. The molecule has 0 aromatic heterocycles. The molecule has 0 radical (unpaired) electrons. The number of ether oxygens (including phenoxy) is 2. The van der Waals surface area contributed by atoms with E-state index in [-0.39, 0.29) is 5.60 Å². The molecule has 2 fully saturated rings. The second-order valence-electron chi connectivity index (χ2n) is 7.10. The van der Waals surface area contributed by atoms with E-state index in [0.717, 1.165) is 25.2 Å². The third kappa shape index (κ3) is 3.58. The van der Waals surface area contributed by atoms with Crippen molar-refractivity contribution in [1.82, 2.24) is 5.32 Å². The zero-order valence-electron chi connectivity index (χ0n) is 13.4. The van der Waals surface area contributed by atoms with E-state index < -0.39 is 0 Å². The lowest BCUT2D eigenvalue weighted by molar-refractivity contribution is -0.0655. The first-order chi connectivity index (χ1) is 10.1. The molecular weight excluding hydrogens is 262 g/mol. The molecule has 1 aromatic rings. The highest BCUT2D eigenvalue weighted by molar-refractivity contribution is 5.31. The second-order valence-corrected chi connectivity index (χ2v) is 7.10. The van der Waals surface area contributed by atoms with Crippen LogP contribution in [0.15, 0.2) is 24.3 Å². The summed E-state index contributed by atoms with van der Waals surface area (Å²) in [5.41, 5.74) is 1.48. The summed E-state index contributed by atoms with van der Waals surface area (Å²) in [7, 11) is 1.72. The van der Waals surface area contributed by atoms with E-state index in [4.69, 9.17) is 9.47 Å². The fraction of sp³-hybridized carbons (Fsp3) is 0.667. The standard InChI is InChI=1S/C18H27NO2/c1-18(2)12-15(8-9-21-18)19-16-10-14(11-16)13-4-6-17(20-3)7-5-13/h4-7,14-16,19H,8-12H2,1-3H3. The molecule has 1 saturated carbocycles. The van der Waals surface area contributed by atoms with Crippen LogP contribution < -0.4 is 10.1 Å². The zero-order valence-corrected chi connectivity index (χ0v) is 13.4. The van der Waals surface area contributed by atoms with Crippen LogP contribution in [0.3, 0.4) is 0 Å². The summed E-state index contributed by atoms with van der Waals surface area (Å²) in [5, 5.41) is 3.83. The molecule has 1 atom stereocenters. The van der Waals surface area contributed by atoms with Crippen molar-refractivity contribution in [2.75, 3.05) is 13.7 Å². The minimum atomic E-state index is 0.0368. The third-order valence-corrected chi connectivity index (χ3v) is 4.89. The normalized spacial score (nSPS) is 31.5. The minimum absolute atomic E-state index is 0.0368. The molecule has 1 saturated heterocycles. The lowest BCUT2D eigenvalue weighted by atomic mass is 9.75. The maximum absolute atomic E-state index is 5.79. The van der Waals surface area contributed by atoms with Crippen molar-refractivity contribution < 1.29 is 9.47 Å². The van der Waals surface area contributed by atoms with E-state index in [1.807, 2.05) is 0 Å². The summed E-state index contributed by atoms with van der Waals surface area (Å²) in [6.07, 6.45) is 4.78. The minimum Gasteiger partial charge on any atom is -0.497 e. The number of hydrogen-bond donors (Lipinski definition) is 1. The van der Waals surface area contributed by atoms with Crippen LogP contribution in [0.1, 0.15) is 51.0 Å². The first-order valence-electron chi connectivity index (χ1n) is 8.10. The van der Waals surface area contributed by atoms with Gasteiger partial charge in [-0.3, -0.25) is 0 Å². The van der Waals surface area contributed by atoms with E-state index in [1.54, 1.807) is 7.11 Å². The average Bonchev–Trinajstić information content (AvgIpc) is 2.42. The van der Waals surface area contributed by atoms with Gasteiger partial charge in [-0.15, -0.1) is 0 Å². The maximum atomic E-state index is 5.79. The van der Waals surface area contributed by atoms with E-state index in [1.165, 1.54) is 18.4 Å². The van der Waals surface area contributed by atoms with Gasteiger partial charge in [0.25, 0.3) is 0 Å². The fourth-order valence-electron chi connectivity index (χ4n) is 3.61. The molecule has 1 aromatic carbocycles. The smallest absolute Gasteiger partial charge is 0.118 e. The van der Waals surface area contributed by atoms with Crippen LogP contribution in [0, 0.1) is 0 Å². The van der Waals surface area contributed by atoms with Crippen molar-refractivity contribution >= 4 is 0 Å². The predicted molar refractivity (Wildman–Crippen MR) is 84.9 cm³/mol. The lowest BCUT2D eigenvalue weighted by Crippen LogP contribution is -2.50. The lowest BCUT2D eigenvalue weighted by Gasteiger charge is -2.42. The summed E-state index contributed by atoms with van der Waals surface area (Å²) < 4.78 is 11.0. The Kier molecular flexibility index (Phi) is 4.23. The molecule has 3 heteroatoms. The molecule has 1 unspecified atom stereocenters. The largest absolute Gasteiger partial charge is 0.497 e. The topological polar surface area (TPSA) is 30.5 Å². The summed E-state index contributed by atoms with van der Waals surface area (Å²) in [4.78, 5) is 0. The molecule has 1 aliphatic carbocycles. The molecule has 3 rings (SSSR count). The highest BCUT2D eigenvalue weighted by Gasteiger charge is 2.35. The van der Waals surface area contributed by atoms with Gasteiger partial charge in [-0.1, -0.05) is 12.1 Å². The first kappa shape index (κ1) is 14.9. The summed E-state index contributed by atoms with van der Waals surface area (Å²) >= 11 is 0. The maximum Gasteiger partial charge on any atom is 0.118 e. The van der Waals surface area contributed by atoms with Gasteiger partial charge in [0.05, 0.1) is 12.7 Å². The molecule has 0 amide bonds. The number of hydrogen-bond acceptors (Lipinski definition) is 3. The van der Waals surface area contributed by atoms with Gasteiger partial charge in [-0.25, -0.2) is 0 Å². The zero-order chi connectivity index (χ0) is 14.9. The molecule has 116 valence electrons. The van der Waals surface area contributed by atoms with Gasteiger partial charge in [0.15, 0.2) is 0 Å². The number of methoxy groups -OCH3 is 1. The van der Waals surface area contributed by atoms with Gasteiger partial charge in [-0.2, -0.15) is 0 Å². The Morgan fingerprint density at radius 2 is 1.86 bits per heavy atom. The van der Waals surface area contributed by atoms with E-state index in [0.29, 0.717) is 18.0 Å². The van der Waals surface area contributed by atoms with Crippen LogP contribution in [0.5, 0.6) is 5.75 Å². The molecule has 1 aliphatic heterocycles. The van der Waals surface area contributed by atoms with Crippen molar-refractivity contribution in [1.29, 1.82) is 0 Å². The number of rotatable bonds is 4. The van der Waals surface area contributed by atoms with Gasteiger partial charge in [0.1, 0.15) is 5.75 Å². The van der Waals surface area contributed by atoms with Gasteiger partial charge >= 0.3 is 0 Å². The van der Waals surface area contributed by atoms with Crippen molar-refractivity contribution in [3.05, 3.63) is 29.8 Å². The van der Waals surface area contributed by atoms with Crippen LogP contribution in [-0.4, -0.2) is 31.4 Å². The predicted octanol–water partition coefficient (Wildman–Crippen LogP) is 3.49. The summed E-state index contributed by atoms with van der Waals surface area (Å²) in [6, 6.07) is 9.84. The van der Waals surface area contributed by atoms with Crippen molar-refractivity contribution in [3.8, 4) is 5.75 Å². The Labute approximate surface area is 128 Å². The second kappa shape index (κ2) is 5.98. The van der Waals surface area contributed by atoms with E-state index in [2.05, 4.69) is 43.4 Å². The molecule has 0 bridgehead atoms. The van der Waals surface area contributed by atoms with Crippen LogP contribution in [0.25, 0.3) is 0 Å². The third-order valence-electron chi connectivity index (χ3n) is 4.89. The number of nitrogens with one attached hydrogen (secondary N) is 1. The molecular formula is C18H27NO2. The Morgan fingerprint density at radius 3 is 2.48 bits per heavy atom. The Bertz CT molecular complexity index is 463. The highest BCUT2D eigenvalue weighted by Crippen LogP contribution is 2.38. The quantitative estimate of drug-likeness (QED) is 0.920.